The maximum atomic E-state index is 12.7. The number of nitrogens with zero attached hydrogens (tertiary/aromatic N) is 1. The molecule has 0 spiro atoms. The predicted molar refractivity (Wildman–Crippen MR) is 131 cm³/mol. The number of aryl methyl sites for hydroxylation is 1. The summed E-state index contributed by atoms with van der Waals surface area (Å²) >= 11 is 12.2. The van der Waals surface area contributed by atoms with E-state index in [9.17, 15) is 9.59 Å². The first-order valence-corrected chi connectivity index (χ1v) is 11.3. The lowest BCUT2D eigenvalue weighted by Gasteiger charge is -2.18. The molecular formula is C25H25Cl2N3O3. The number of esters is 1. The molecule has 0 saturated heterocycles. The minimum atomic E-state index is -0.872. The molecule has 3 aromatic rings. The molecule has 0 bridgehead atoms. The Hall–Kier alpha value is -3.09. The molecule has 1 amide bonds. The third kappa shape index (κ3) is 7.20. The Morgan fingerprint density at radius 2 is 1.67 bits per heavy atom. The normalized spacial score (nSPS) is 11.5. The van der Waals surface area contributed by atoms with Gasteiger partial charge in [0.05, 0.1) is 22.7 Å². The number of rotatable bonds is 10. The number of nitrogens with one attached hydrogen (secondary N) is 2. The van der Waals surface area contributed by atoms with Crippen LogP contribution in [0.4, 0.5) is 5.82 Å². The van der Waals surface area contributed by atoms with Crippen LogP contribution in [0.1, 0.15) is 27.9 Å². The van der Waals surface area contributed by atoms with Gasteiger partial charge in [0.15, 0.2) is 0 Å². The van der Waals surface area contributed by atoms with Crippen molar-refractivity contribution in [3.05, 3.63) is 93.6 Å². The number of hydrogen-bond donors (Lipinski definition) is 2. The standard InChI is InChI=1S/C25H25Cl2N3O3/c1-33-25(32)21(30-24(31)23-19(26)7-4-8-20(23)27)16-18-12-10-17(11-13-18)6-5-15-29-22-9-2-3-14-28-22/h2-4,7-14,21H,5-6,15-16H2,1H3,(H,28,29)(H,30,31). The molecule has 0 aliphatic heterocycles. The van der Waals surface area contributed by atoms with Gasteiger partial charge in [-0.05, 0) is 48.2 Å². The summed E-state index contributed by atoms with van der Waals surface area (Å²) in [5.74, 6) is -0.212. The Morgan fingerprint density at radius 3 is 2.30 bits per heavy atom. The van der Waals surface area contributed by atoms with Crippen molar-refractivity contribution in [2.24, 2.45) is 0 Å². The number of anilines is 1. The van der Waals surface area contributed by atoms with Crippen molar-refractivity contribution in [1.82, 2.24) is 10.3 Å². The van der Waals surface area contributed by atoms with E-state index in [4.69, 9.17) is 27.9 Å². The van der Waals surface area contributed by atoms with Crippen LogP contribution in [-0.2, 0) is 22.4 Å². The third-order valence-electron chi connectivity index (χ3n) is 5.06. The Labute approximate surface area is 203 Å². The van der Waals surface area contributed by atoms with Crippen molar-refractivity contribution < 1.29 is 14.3 Å². The van der Waals surface area contributed by atoms with Crippen LogP contribution in [0.25, 0.3) is 0 Å². The smallest absolute Gasteiger partial charge is 0.328 e. The molecule has 2 aromatic carbocycles. The van der Waals surface area contributed by atoms with Gasteiger partial charge in [0, 0.05) is 19.2 Å². The molecule has 3 rings (SSSR count). The number of benzene rings is 2. The van der Waals surface area contributed by atoms with Crippen molar-refractivity contribution >= 4 is 40.9 Å². The first-order valence-electron chi connectivity index (χ1n) is 10.5. The molecule has 0 radical (unpaired) electrons. The van der Waals surface area contributed by atoms with E-state index < -0.39 is 17.9 Å². The molecule has 0 fully saturated rings. The zero-order valence-electron chi connectivity index (χ0n) is 18.2. The molecular weight excluding hydrogens is 461 g/mol. The van der Waals surface area contributed by atoms with Crippen LogP contribution in [0.3, 0.4) is 0 Å². The number of aromatic nitrogens is 1. The number of methoxy groups -OCH3 is 1. The first-order chi connectivity index (χ1) is 16.0. The minimum Gasteiger partial charge on any atom is -0.467 e. The number of halogens is 2. The van der Waals surface area contributed by atoms with Crippen molar-refractivity contribution in [1.29, 1.82) is 0 Å². The Balaban J connectivity index is 1.57. The van der Waals surface area contributed by atoms with Gasteiger partial charge in [-0.1, -0.05) is 59.6 Å². The number of pyridine rings is 1. The van der Waals surface area contributed by atoms with E-state index in [1.807, 2.05) is 42.5 Å². The summed E-state index contributed by atoms with van der Waals surface area (Å²) in [5, 5.41) is 6.41. The Bertz CT molecular complexity index is 1060. The van der Waals surface area contributed by atoms with Crippen molar-refractivity contribution in [2.75, 3.05) is 19.0 Å². The minimum absolute atomic E-state index is 0.129. The fourth-order valence-electron chi connectivity index (χ4n) is 3.33. The van der Waals surface area contributed by atoms with E-state index in [0.29, 0.717) is 0 Å². The van der Waals surface area contributed by atoms with Crippen LogP contribution in [0.2, 0.25) is 10.0 Å². The fourth-order valence-corrected chi connectivity index (χ4v) is 3.90. The zero-order valence-corrected chi connectivity index (χ0v) is 19.7. The predicted octanol–water partition coefficient (Wildman–Crippen LogP) is 4.95. The molecule has 0 saturated carbocycles. The van der Waals surface area contributed by atoms with E-state index in [-0.39, 0.29) is 22.0 Å². The SMILES string of the molecule is COC(=O)C(Cc1ccc(CCCNc2ccccn2)cc1)NC(=O)c1c(Cl)cccc1Cl. The fraction of sp³-hybridized carbons (Fsp3) is 0.240. The van der Waals surface area contributed by atoms with Gasteiger partial charge < -0.3 is 15.4 Å². The number of hydrogen-bond acceptors (Lipinski definition) is 5. The maximum absolute atomic E-state index is 12.7. The lowest BCUT2D eigenvalue weighted by Crippen LogP contribution is -2.43. The van der Waals surface area contributed by atoms with E-state index >= 15 is 0 Å². The first kappa shape index (κ1) is 24.6. The number of amides is 1. The Morgan fingerprint density at radius 1 is 0.970 bits per heavy atom. The summed E-state index contributed by atoms with van der Waals surface area (Å²) < 4.78 is 4.88. The van der Waals surface area contributed by atoms with Gasteiger partial charge in [-0.15, -0.1) is 0 Å². The lowest BCUT2D eigenvalue weighted by molar-refractivity contribution is -0.142. The van der Waals surface area contributed by atoms with Gasteiger partial charge in [-0.3, -0.25) is 4.79 Å². The number of carbonyl (C=O) groups is 2. The van der Waals surface area contributed by atoms with Gasteiger partial charge in [-0.25, -0.2) is 9.78 Å². The van der Waals surface area contributed by atoms with Crippen LogP contribution >= 0.6 is 23.2 Å². The summed E-state index contributed by atoms with van der Waals surface area (Å²) in [7, 11) is 1.28. The van der Waals surface area contributed by atoms with Gasteiger partial charge in [-0.2, -0.15) is 0 Å². The molecule has 1 aromatic heterocycles. The van der Waals surface area contributed by atoms with E-state index in [1.165, 1.54) is 12.7 Å². The molecule has 2 N–H and O–H groups in total. The number of carbonyl (C=O) groups excluding carboxylic acids is 2. The summed E-state index contributed by atoms with van der Waals surface area (Å²) in [6, 6.07) is 17.6. The second-order valence-electron chi connectivity index (χ2n) is 7.41. The highest BCUT2D eigenvalue weighted by Gasteiger charge is 2.24. The van der Waals surface area contributed by atoms with Crippen LogP contribution in [0, 0.1) is 0 Å². The van der Waals surface area contributed by atoms with Crippen LogP contribution in [0.5, 0.6) is 0 Å². The monoisotopic (exact) mass is 485 g/mol. The highest BCUT2D eigenvalue weighted by atomic mass is 35.5. The van der Waals surface area contributed by atoms with E-state index in [2.05, 4.69) is 15.6 Å². The Kier molecular flexibility index (Phi) is 9.10. The van der Waals surface area contributed by atoms with Crippen LogP contribution in [0.15, 0.2) is 66.9 Å². The van der Waals surface area contributed by atoms with Gasteiger partial charge in [0.25, 0.3) is 5.91 Å². The van der Waals surface area contributed by atoms with Crippen LogP contribution in [-0.4, -0.2) is 36.6 Å². The summed E-state index contributed by atoms with van der Waals surface area (Å²) in [6.45, 7) is 0.819. The molecule has 1 unspecified atom stereocenters. The average molecular weight is 486 g/mol. The third-order valence-corrected chi connectivity index (χ3v) is 5.69. The molecule has 33 heavy (non-hydrogen) atoms. The number of ether oxygens (including phenoxy) is 1. The average Bonchev–Trinajstić information content (AvgIpc) is 2.82. The molecule has 1 atom stereocenters. The lowest BCUT2D eigenvalue weighted by atomic mass is 10.0. The van der Waals surface area contributed by atoms with Gasteiger partial charge in [0.1, 0.15) is 11.9 Å². The second kappa shape index (κ2) is 12.2. The molecule has 0 aliphatic carbocycles. The van der Waals surface area contributed by atoms with Crippen LogP contribution < -0.4 is 10.6 Å². The van der Waals surface area contributed by atoms with Crippen molar-refractivity contribution in [3.8, 4) is 0 Å². The highest BCUT2D eigenvalue weighted by molar-refractivity contribution is 6.39. The molecule has 0 aliphatic rings. The highest BCUT2D eigenvalue weighted by Crippen LogP contribution is 2.24. The van der Waals surface area contributed by atoms with Crippen molar-refractivity contribution in [3.63, 3.8) is 0 Å². The second-order valence-corrected chi connectivity index (χ2v) is 8.23. The quantitative estimate of drug-likeness (QED) is 0.313. The molecule has 172 valence electrons. The largest absolute Gasteiger partial charge is 0.467 e. The summed E-state index contributed by atoms with van der Waals surface area (Å²) in [6.07, 6.45) is 3.90. The molecule has 1 heterocycles. The topological polar surface area (TPSA) is 80.3 Å². The zero-order chi connectivity index (χ0) is 23.6. The summed E-state index contributed by atoms with van der Waals surface area (Å²) in [5.41, 5.74) is 2.21. The van der Waals surface area contributed by atoms with Gasteiger partial charge >= 0.3 is 5.97 Å². The maximum Gasteiger partial charge on any atom is 0.328 e. The van der Waals surface area contributed by atoms with Crippen molar-refractivity contribution in [2.45, 2.75) is 25.3 Å². The van der Waals surface area contributed by atoms with E-state index in [1.54, 1.807) is 24.4 Å². The van der Waals surface area contributed by atoms with Gasteiger partial charge in [0.2, 0.25) is 0 Å². The van der Waals surface area contributed by atoms with E-state index in [0.717, 1.165) is 30.8 Å². The molecule has 6 nitrogen and oxygen atoms in total. The molecule has 8 heteroatoms. The summed E-state index contributed by atoms with van der Waals surface area (Å²) in [4.78, 5) is 29.2.